The highest BCUT2D eigenvalue weighted by Gasteiger charge is 2.20. The van der Waals surface area contributed by atoms with Gasteiger partial charge in [-0.1, -0.05) is 54.1 Å². The molecular formula is C27H37N5. The fourth-order valence-corrected chi connectivity index (χ4v) is 4.53. The number of nitrogens with one attached hydrogen (secondary N) is 2. The third kappa shape index (κ3) is 6.36. The first-order valence-electron chi connectivity index (χ1n) is 12.0. The summed E-state index contributed by atoms with van der Waals surface area (Å²) in [5, 5.41) is 7.11. The van der Waals surface area contributed by atoms with Crippen LogP contribution in [0.5, 0.6) is 0 Å². The SMILES string of the molecule is CCNC(=NCc1cccc(N2CC=CC2)c1)NC1CCN(Cc2cccc(C)c2)CC1. The van der Waals surface area contributed by atoms with E-state index >= 15 is 0 Å². The smallest absolute Gasteiger partial charge is 0.191 e. The number of benzene rings is 2. The molecule has 0 amide bonds. The van der Waals surface area contributed by atoms with Gasteiger partial charge >= 0.3 is 0 Å². The zero-order chi connectivity index (χ0) is 22.2. The Balaban J connectivity index is 1.29. The van der Waals surface area contributed by atoms with E-state index in [2.05, 4.69) is 95.0 Å². The summed E-state index contributed by atoms with van der Waals surface area (Å²) in [6.45, 7) is 11.1. The largest absolute Gasteiger partial charge is 0.364 e. The topological polar surface area (TPSA) is 42.9 Å². The number of piperidine rings is 1. The Morgan fingerprint density at radius 3 is 2.50 bits per heavy atom. The maximum Gasteiger partial charge on any atom is 0.191 e. The molecule has 0 saturated carbocycles. The molecule has 1 saturated heterocycles. The number of aryl methyl sites for hydroxylation is 1. The van der Waals surface area contributed by atoms with Crippen LogP contribution >= 0.6 is 0 Å². The number of likely N-dealkylation sites (tertiary alicyclic amines) is 1. The Morgan fingerprint density at radius 2 is 1.75 bits per heavy atom. The van der Waals surface area contributed by atoms with Crippen LogP contribution in [-0.4, -0.2) is 49.6 Å². The lowest BCUT2D eigenvalue weighted by atomic mass is 10.0. The Hall–Kier alpha value is -2.79. The first kappa shape index (κ1) is 22.4. The Morgan fingerprint density at radius 1 is 1.00 bits per heavy atom. The van der Waals surface area contributed by atoms with Crippen molar-refractivity contribution in [2.24, 2.45) is 4.99 Å². The van der Waals surface area contributed by atoms with Crippen molar-refractivity contribution in [3.8, 4) is 0 Å². The molecule has 0 aliphatic carbocycles. The fraction of sp³-hybridized carbons (Fsp3) is 0.444. The van der Waals surface area contributed by atoms with E-state index in [1.807, 2.05) is 0 Å². The van der Waals surface area contributed by atoms with E-state index in [1.165, 1.54) is 22.4 Å². The summed E-state index contributed by atoms with van der Waals surface area (Å²) in [6, 6.07) is 18.1. The summed E-state index contributed by atoms with van der Waals surface area (Å²) < 4.78 is 0. The van der Waals surface area contributed by atoms with E-state index in [-0.39, 0.29) is 0 Å². The summed E-state index contributed by atoms with van der Waals surface area (Å²) >= 11 is 0. The molecule has 2 aliphatic heterocycles. The molecule has 2 N–H and O–H groups in total. The lowest BCUT2D eigenvalue weighted by Crippen LogP contribution is -2.48. The van der Waals surface area contributed by atoms with Gasteiger partial charge in [-0.05, 0) is 49.9 Å². The molecule has 2 aromatic rings. The standard InChI is InChI=1S/C27H37N5/c1-3-28-27(29-20-23-9-7-11-26(19-23)32-14-4-5-15-32)30-25-12-16-31(17-13-25)21-24-10-6-8-22(2)18-24/h4-11,18-19,25H,3,12-17,20-21H2,1-2H3,(H2,28,29,30). The molecule has 32 heavy (non-hydrogen) atoms. The third-order valence-electron chi connectivity index (χ3n) is 6.28. The van der Waals surface area contributed by atoms with Crippen LogP contribution in [0.2, 0.25) is 0 Å². The third-order valence-corrected chi connectivity index (χ3v) is 6.28. The number of nitrogens with zero attached hydrogens (tertiary/aromatic N) is 3. The van der Waals surface area contributed by atoms with Crippen LogP contribution in [0.15, 0.2) is 65.7 Å². The molecular weight excluding hydrogens is 394 g/mol. The summed E-state index contributed by atoms with van der Waals surface area (Å²) in [5.74, 6) is 0.929. The number of anilines is 1. The molecule has 4 rings (SSSR count). The van der Waals surface area contributed by atoms with Gasteiger partial charge in [0.15, 0.2) is 5.96 Å². The van der Waals surface area contributed by atoms with E-state index in [0.717, 1.165) is 58.1 Å². The summed E-state index contributed by atoms with van der Waals surface area (Å²) in [5.41, 5.74) is 5.28. The van der Waals surface area contributed by atoms with Crippen LogP contribution in [0.25, 0.3) is 0 Å². The minimum Gasteiger partial charge on any atom is -0.364 e. The quantitative estimate of drug-likeness (QED) is 0.394. The van der Waals surface area contributed by atoms with Crippen molar-refractivity contribution in [3.05, 3.63) is 77.4 Å². The lowest BCUT2D eigenvalue weighted by molar-refractivity contribution is 0.198. The zero-order valence-corrected chi connectivity index (χ0v) is 19.6. The van der Waals surface area contributed by atoms with Gasteiger partial charge in [-0.3, -0.25) is 4.90 Å². The lowest BCUT2D eigenvalue weighted by Gasteiger charge is -2.33. The van der Waals surface area contributed by atoms with Crippen molar-refractivity contribution in [1.82, 2.24) is 15.5 Å². The predicted molar refractivity (Wildman–Crippen MR) is 135 cm³/mol. The molecule has 0 unspecified atom stereocenters. The monoisotopic (exact) mass is 431 g/mol. The summed E-state index contributed by atoms with van der Waals surface area (Å²) in [7, 11) is 0. The first-order valence-corrected chi connectivity index (χ1v) is 12.0. The van der Waals surface area contributed by atoms with Crippen LogP contribution < -0.4 is 15.5 Å². The predicted octanol–water partition coefficient (Wildman–Crippen LogP) is 4.09. The summed E-state index contributed by atoms with van der Waals surface area (Å²) in [6.07, 6.45) is 6.75. The van der Waals surface area contributed by atoms with Gasteiger partial charge in [-0.25, -0.2) is 4.99 Å². The van der Waals surface area contributed by atoms with Crippen LogP contribution in [0, 0.1) is 6.92 Å². The molecule has 2 aromatic carbocycles. The van der Waals surface area contributed by atoms with E-state index < -0.39 is 0 Å². The minimum atomic E-state index is 0.476. The van der Waals surface area contributed by atoms with E-state index in [9.17, 15) is 0 Å². The van der Waals surface area contributed by atoms with Crippen molar-refractivity contribution in [2.75, 3.05) is 37.6 Å². The molecule has 0 radical (unpaired) electrons. The number of aliphatic imine (C=N–C) groups is 1. The van der Waals surface area contributed by atoms with Crippen molar-refractivity contribution in [2.45, 2.75) is 45.8 Å². The Labute approximate surface area is 193 Å². The highest BCUT2D eigenvalue weighted by Crippen LogP contribution is 2.19. The second kappa shape index (κ2) is 11.2. The average molecular weight is 432 g/mol. The number of rotatable bonds is 7. The zero-order valence-electron chi connectivity index (χ0n) is 19.6. The molecule has 0 spiro atoms. The average Bonchev–Trinajstić information content (AvgIpc) is 3.34. The highest BCUT2D eigenvalue weighted by molar-refractivity contribution is 5.80. The molecule has 170 valence electrons. The molecule has 1 fully saturated rings. The molecule has 5 nitrogen and oxygen atoms in total. The number of hydrogen-bond acceptors (Lipinski definition) is 3. The van der Waals surface area contributed by atoms with Gasteiger partial charge in [0.25, 0.3) is 0 Å². The van der Waals surface area contributed by atoms with Crippen molar-refractivity contribution in [3.63, 3.8) is 0 Å². The van der Waals surface area contributed by atoms with E-state index in [1.54, 1.807) is 0 Å². The molecule has 0 atom stereocenters. The van der Waals surface area contributed by atoms with Crippen LogP contribution in [-0.2, 0) is 13.1 Å². The Kier molecular flexibility index (Phi) is 7.83. The van der Waals surface area contributed by atoms with Gasteiger partial charge in [0, 0.05) is 51.0 Å². The van der Waals surface area contributed by atoms with Crippen molar-refractivity contribution >= 4 is 11.6 Å². The number of guanidine groups is 1. The fourth-order valence-electron chi connectivity index (χ4n) is 4.53. The van der Waals surface area contributed by atoms with Gasteiger partial charge in [-0.15, -0.1) is 0 Å². The van der Waals surface area contributed by atoms with Crippen molar-refractivity contribution in [1.29, 1.82) is 0 Å². The molecule has 5 heteroatoms. The van der Waals surface area contributed by atoms with E-state index in [0.29, 0.717) is 12.6 Å². The van der Waals surface area contributed by atoms with E-state index in [4.69, 9.17) is 4.99 Å². The van der Waals surface area contributed by atoms with Gasteiger partial charge in [0.1, 0.15) is 0 Å². The maximum atomic E-state index is 4.89. The van der Waals surface area contributed by atoms with Gasteiger partial charge in [-0.2, -0.15) is 0 Å². The van der Waals surface area contributed by atoms with Gasteiger partial charge in [0.05, 0.1) is 6.54 Å². The molecule has 0 aromatic heterocycles. The molecule has 0 bridgehead atoms. The van der Waals surface area contributed by atoms with Crippen molar-refractivity contribution < 1.29 is 0 Å². The normalized spacial score (nSPS) is 17.7. The Bertz CT molecular complexity index is 919. The molecule has 2 heterocycles. The highest BCUT2D eigenvalue weighted by atomic mass is 15.2. The summed E-state index contributed by atoms with van der Waals surface area (Å²) in [4.78, 5) is 9.83. The molecule has 2 aliphatic rings. The first-order chi connectivity index (χ1) is 15.7. The van der Waals surface area contributed by atoms with Crippen LogP contribution in [0.4, 0.5) is 5.69 Å². The second-order valence-corrected chi connectivity index (χ2v) is 8.93. The van der Waals surface area contributed by atoms with Gasteiger partial charge in [0.2, 0.25) is 0 Å². The minimum absolute atomic E-state index is 0.476. The number of hydrogen-bond donors (Lipinski definition) is 2. The second-order valence-electron chi connectivity index (χ2n) is 8.93. The van der Waals surface area contributed by atoms with Crippen LogP contribution in [0.1, 0.15) is 36.5 Å². The maximum absolute atomic E-state index is 4.89. The van der Waals surface area contributed by atoms with Gasteiger partial charge < -0.3 is 15.5 Å². The van der Waals surface area contributed by atoms with Crippen LogP contribution in [0.3, 0.4) is 0 Å².